The van der Waals surface area contributed by atoms with E-state index in [9.17, 15) is 13.2 Å². The highest BCUT2D eigenvalue weighted by atomic mass is 32.2. The second-order valence-electron chi connectivity index (χ2n) is 2.96. The lowest BCUT2D eigenvalue weighted by molar-refractivity contribution is -0.142. The molecule has 0 amide bonds. The molecule has 0 radical (unpaired) electrons. The van der Waals surface area contributed by atoms with Crippen LogP contribution in [0.2, 0.25) is 0 Å². The van der Waals surface area contributed by atoms with Gasteiger partial charge in [-0.3, -0.25) is 4.79 Å². The lowest BCUT2D eigenvalue weighted by Crippen LogP contribution is -2.42. The lowest BCUT2D eigenvalue weighted by Gasteiger charge is -2.28. The zero-order chi connectivity index (χ0) is 8.65. The molecule has 1 aliphatic rings. The second kappa shape index (κ2) is 2.48. The molecular weight excluding hydrogens is 168 g/mol. The fourth-order valence-electron chi connectivity index (χ4n) is 1.09. The molecule has 0 saturated carbocycles. The van der Waals surface area contributed by atoms with E-state index in [1.165, 1.54) is 0 Å². The second-order valence-corrected chi connectivity index (χ2v) is 5.12. The number of sulfone groups is 1. The van der Waals surface area contributed by atoms with Crippen molar-refractivity contribution >= 4 is 15.8 Å². The monoisotopic (exact) mass is 178 g/mol. The maximum absolute atomic E-state index is 10.6. The minimum atomic E-state index is -2.87. The van der Waals surface area contributed by atoms with Gasteiger partial charge in [0.25, 0.3) is 0 Å². The molecule has 0 aromatic heterocycles. The van der Waals surface area contributed by atoms with Gasteiger partial charge in [0.1, 0.15) is 0 Å². The summed E-state index contributed by atoms with van der Waals surface area (Å²) in [6.07, 6.45) is 0. The van der Waals surface area contributed by atoms with E-state index in [0.717, 1.165) is 0 Å². The van der Waals surface area contributed by atoms with Crippen molar-refractivity contribution in [3.05, 3.63) is 0 Å². The third-order valence-corrected chi connectivity index (χ3v) is 3.90. The first-order valence-electron chi connectivity index (χ1n) is 3.35. The molecule has 1 aliphatic heterocycles. The number of carboxylic acid groups (broad SMARTS) is 1. The number of hydrogen-bond donors (Lipinski definition) is 1. The first kappa shape index (κ1) is 8.52. The normalized spacial score (nSPS) is 25.5. The lowest BCUT2D eigenvalue weighted by atomic mass is 9.97. The summed E-state index contributed by atoms with van der Waals surface area (Å²) in [6, 6.07) is 0. The average Bonchev–Trinajstić information content (AvgIpc) is 1.80. The van der Waals surface area contributed by atoms with Crippen molar-refractivity contribution in [3.8, 4) is 0 Å². The number of aliphatic carboxylic acids is 1. The Labute approximate surface area is 65.1 Å². The van der Waals surface area contributed by atoms with Crippen LogP contribution in [-0.2, 0) is 14.6 Å². The Kier molecular flexibility index (Phi) is 1.92. The summed E-state index contributed by atoms with van der Waals surface area (Å²) < 4.78 is 21.3. The molecule has 0 spiro atoms. The molecule has 1 N–H and O–H groups in total. The summed E-state index contributed by atoms with van der Waals surface area (Å²) in [5, 5.41) is 8.49. The van der Waals surface area contributed by atoms with Gasteiger partial charge in [0.15, 0.2) is 9.84 Å². The van der Waals surface area contributed by atoms with E-state index < -0.39 is 21.7 Å². The van der Waals surface area contributed by atoms with Crippen molar-refractivity contribution in [1.29, 1.82) is 0 Å². The van der Waals surface area contributed by atoms with Crippen molar-refractivity contribution in [1.82, 2.24) is 0 Å². The van der Waals surface area contributed by atoms with Gasteiger partial charge < -0.3 is 5.11 Å². The molecule has 64 valence electrons. The van der Waals surface area contributed by atoms with Crippen LogP contribution in [0.1, 0.15) is 6.92 Å². The van der Waals surface area contributed by atoms with Crippen LogP contribution in [0.5, 0.6) is 0 Å². The van der Waals surface area contributed by atoms with Gasteiger partial charge >= 0.3 is 5.97 Å². The molecule has 0 aromatic carbocycles. The SMILES string of the molecule is CC(C(=O)O)C1CS(=O)(=O)C1. The standard InChI is InChI=1S/C6H10O4S/c1-4(6(7)8)5-2-11(9,10)3-5/h4-5H,2-3H2,1H3,(H,7,8). The van der Waals surface area contributed by atoms with Crippen LogP contribution < -0.4 is 0 Å². The number of carboxylic acids is 1. The maximum Gasteiger partial charge on any atom is 0.306 e. The molecule has 1 atom stereocenters. The molecule has 0 aromatic rings. The minimum Gasteiger partial charge on any atom is -0.481 e. The Bertz CT molecular complexity index is 254. The van der Waals surface area contributed by atoms with Crippen molar-refractivity contribution in [2.24, 2.45) is 11.8 Å². The highest BCUT2D eigenvalue weighted by molar-refractivity contribution is 7.92. The Morgan fingerprint density at radius 3 is 2.27 bits per heavy atom. The van der Waals surface area contributed by atoms with Gasteiger partial charge in [-0.25, -0.2) is 8.42 Å². The van der Waals surface area contributed by atoms with E-state index in [-0.39, 0.29) is 17.4 Å². The van der Waals surface area contributed by atoms with Crippen LogP contribution >= 0.6 is 0 Å². The Morgan fingerprint density at radius 1 is 1.55 bits per heavy atom. The molecule has 1 heterocycles. The van der Waals surface area contributed by atoms with Crippen LogP contribution in [0, 0.1) is 11.8 Å². The van der Waals surface area contributed by atoms with E-state index in [2.05, 4.69) is 0 Å². The summed E-state index contributed by atoms with van der Waals surface area (Å²) in [5.74, 6) is -1.53. The summed E-state index contributed by atoms with van der Waals surface area (Å²) in [6.45, 7) is 1.54. The third kappa shape index (κ3) is 1.71. The van der Waals surface area contributed by atoms with E-state index in [0.29, 0.717) is 0 Å². The average molecular weight is 178 g/mol. The van der Waals surface area contributed by atoms with Crippen molar-refractivity contribution in [3.63, 3.8) is 0 Å². The Balaban J connectivity index is 2.51. The number of carbonyl (C=O) groups is 1. The third-order valence-electron chi connectivity index (χ3n) is 2.03. The fraction of sp³-hybridized carbons (Fsp3) is 0.833. The summed E-state index contributed by atoms with van der Waals surface area (Å²) >= 11 is 0. The maximum atomic E-state index is 10.6. The van der Waals surface area contributed by atoms with E-state index in [1.54, 1.807) is 6.92 Å². The van der Waals surface area contributed by atoms with Gasteiger partial charge in [0, 0.05) is 0 Å². The van der Waals surface area contributed by atoms with Crippen LogP contribution in [-0.4, -0.2) is 31.0 Å². The first-order valence-corrected chi connectivity index (χ1v) is 5.18. The van der Waals surface area contributed by atoms with Crippen LogP contribution in [0.15, 0.2) is 0 Å². The van der Waals surface area contributed by atoms with E-state index in [1.807, 2.05) is 0 Å². The van der Waals surface area contributed by atoms with Crippen molar-refractivity contribution < 1.29 is 18.3 Å². The van der Waals surface area contributed by atoms with Gasteiger partial charge in [0.2, 0.25) is 0 Å². The van der Waals surface area contributed by atoms with Gasteiger partial charge in [-0.2, -0.15) is 0 Å². The minimum absolute atomic E-state index is 0.0421. The zero-order valence-electron chi connectivity index (χ0n) is 6.15. The predicted molar refractivity (Wildman–Crippen MR) is 38.9 cm³/mol. The zero-order valence-corrected chi connectivity index (χ0v) is 6.97. The highest BCUT2D eigenvalue weighted by Gasteiger charge is 2.39. The quantitative estimate of drug-likeness (QED) is 0.633. The van der Waals surface area contributed by atoms with Gasteiger partial charge in [0.05, 0.1) is 17.4 Å². The Hall–Kier alpha value is -0.580. The van der Waals surface area contributed by atoms with Crippen LogP contribution in [0.4, 0.5) is 0 Å². The molecule has 0 bridgehead atoms. The number of rotatable bonds is 2. The molecule has 1 rings (SSSR count). The Morgan fingerprint density at radius 2 is 2.00 bits per heavy atom. The van der Waals surface area contributed by atoms with Gasteiger partial charge in [-0.05, 0) is 5.92 Å². The molecule has 0 aliphatic carbocycles. The smallest absolute Gasteiger partial charge is 0.306 e. The van der Waals surface area contributed by atoms with Crippen LogP contribution in [0.3, 0.4) is 0 Å². The summed E-state index contributed by atoms with van der Waals surface area (Å²) in [5.41, 5.74) is 0. The van der Waals surface area contributed by atoms with Crippen molar-refractivity contribution in [2.45, 2.75) is 6.92 Å². The number of hydrogen-bond acceptors (Lipinski definition) is 3. The molecule has 1 fully saturated rings. The summed E-state index contributed by atoms with van der Waals surface area (Å²) in [7, 11) is -2.87. The van der Waals surface area contributed by atoms with Gasteiger partial charge in [-0.15, -0.1) is 0 Å². The largest absolute Gasteiger partial charge is 0.481 e. The summed E-state index contributed by atoms with van der Waals surface area (Å²) in [4.78, 5) is 10.3. The highest BCUT2D eigenvalue weighted by Crippen LogP contribution is 2.25. The van der Waals surface area contributed by atoms with E-state index >= 15 is 0 Å². The molecule has 1 unspecified atom stereocenters. The topological polar surface area (TPSA) is 71.4 Å². The molecule has 5 heteroatoms. The molecular formula is C6H10O4S. The molecule has 4 nitrogen and oxygen atoms in total. The van der Waals surface area contributed by atoms with Gasteiger partial charge in [-0.1, -0.05) is 6.92 Å². The predicted octanol–water partition coefficient (Wildman–Crippen LogP) is -0.248. The van der Waals surface area contributed by atoms with E-state index in [4.69, 9.17) is 5.11 Å². The first-order chi connectivity index (χ1) is 4.92. The van der Waals surface area contributed by atoms with Crippen LogP contribution in [0.25, 0.3) is 0 Å². The molecule has 1 saturated heterocycles. The molecule has 11 heavy (non-hydrogen) atoms. The fourth-order valence-corrected chi connectivity index (χ4v) is 2.88. The van der Waals surface area contributed by atoms with Crippen molar-refractivity contribution in [2.75, 3.05) is 11.5 Å².